The molecular weight excluding hydrogens is 208 g/mol. The lowest BCUT2D eigenvalue weighted by Gasteiger charge is -1.93. The van der Waals surface area contributed by atoms with Gasteiger partial charge in [-0.3, -0.25) is 0 Å². The van der Waals surface area contributed by atoms with Gasteiger partial charge in [0.1, 0.15) is 6.29 Å². The third kappa shape index (κ3) is 15.1. The number of unbranched alkanes of at least 4 members (excludes halogenated alkanes) is 7. The predicted octanol–water partition coefficient (Wildman–Crippen LogP) is 5.22. The average molecular weight is 236 g/mol. The molecule has 0 aliphatic rings. The minimum atomic E-state index is 0.728. The summed E-state index contributed by atoms with van der Waals surface area (Å²) in [6, 6.07) is 0. The molecule has 0 aliphatic carbocycles. The quantitative estimate of drug-likeness (QED) is 0.258. The van der Waals surface area contributed by atoms with Crippen molar-refractivity contribution in [2.24, 2.45) is 0 Å². The molecule has 0 rings (SSSR count). The molecule has 0 aromatic heterocycles. The molecule has 0 amide bonds. The molecule has 0 radical (unpaired) electrons. The van der Waals surface area contributed by atoms with Gasteiger partial charge in [-0.1, -0.05) is 50.5 Å². The minimum absolute atomic E-state index is 0.728. The van der Waals surface area contributed by atoms with E-state index >= 15 is 0 Å². The van der Waals surface area contributed by atoms with Crippen LogP contribution in [-0.2, 0) is 4.79 Å². The molecule has 0 heterocycles. The Bertz CT molecular complexity index is 204. The van der Waals surface area contributed by atoms with Crippen molar-refractivity contribution in [1.29, 1.82) is 0 Å². The fourth-order valence-corrected chi connectivity index (χ4v) is 1.65. The lowest BCUT2D eigenvalue weighted by Crippen LogP contribution is -1.77. The SMILES string of the molecule is CCCCC=CCCC=CCCCCCC=O. The molecular formula is C16H28O. The van der Waals surface area contributed by atoms with Gasteiger partial charge in [0, 0.05) is 6.42 Å². The van der Waals surface area contributed by atoms with Gasteiger partial charge in [-0.15, -0.1) is 0 Å². The van der Waals surface area contributed by atoms with Gasteiger partial charge in [0.15, 0.2) is 0 Å². The maximum Gasteiger partial charge on any atom is 0.119 e. The normalized spacial score (nSPS) is 11.6. The van der Waals surface area contributed by atoms with E-state index in [9.17, 15) is 4.79 Å². The van der Waals surface area contributed by atoms with Crippen LogP contribution in [-0.4, -0.2) is 6.29 Å². The second kappa shape index (κ2) is 15.1. The number of allylic oxidation sites excluding steroid dienone is 4. The number of carbonyl (C=O) groups excluding carboxylic acids is 1. The summed E-state index contributed by atoms with van der Waals surface area (Å²) in [7, 11) is 0. The van der Waals surface area contributed by atoms with Crippen LogP contribution >= 0.6 is 0 Å². The van der Waals surface area contributed by atoms with E-state index in [1.807, 2.05) is 0 Å². The van der Waals surface area contributed by atoms with E-state index in [0.717, 1.165) is 25.5 Å². The molecule has 1 nitrogen and oxygen atoms in total. The van der Waals surface area contributed by atoms with Crippen LogP contribution in [0.5, 0.6) is 0 Å². The number of rotatable bonds is 12. The molecule has 0 aliphatic heterocycles. The number of aldehydes is 1. The summed E-state index contributed by atoms with van der Waals surface area (Å²) < 4.78 is 0. The second-order valence-electron chi connectivity index (χ2n) is 4.47. The molecule has 17 heavy (non-hydrogen) atoms. The standard InChI is InChI=1S/C16H28O/c1-2-3-4-5-6-7-8-9-10-11-12-13-14-15-16-17/h5-6,9-10,16H,2-4,7-8,11-15H2,1H3. The Hall–Kier alpha value is -0.850. The number of carbonyl (C=O) groups is 1. The molecule has 98 valence electrons. The van der Waals surface area contributed by atoms with Gasteiger partial charge < -0.3 is 4.79 Å². The summed E-state index contributed by atoms with van der Waals surface area (Å²) >= 11 is 0. The van der Waals surface area contributed by atoms with Crippen LogP contribution < -0.4 is 0 Å². The number of hydrogen-bond donors (Lipinski definition) is 0. The zero-order valence-corrected chi connectivity index (χ0v) is 11.4. The zero-order valence-electron chi connectivity index (χ0n) is 11.4. The fraction of sp³-hybridized carbons (Fsp3) is 0.688. The van der Waals surface area contributed by atoms with Crippen molar-refractivity contribution >= 4 is 6.29 Å². The highest BCUT2D eigenvalue weighted by Gasteiger charge is 1.86. The second-order valence-corrected chi connectivity index (χ2v) is 4.47. The first-order valence-corrected chi connectivity index (χ1v) is 7.15. The maximum atomic E-state index is 10.1. The smallest absolute Gasteiger partial charge is 0.119 e. The van der Waals surface area contributed by atoms with Crippen LogP contribution in [0.25, 0.3) is 0 Å². The third-order valence-electron chi connectivity index (χ3n) is 2.75. The van der Waals surface area contributed by atoms with E-state index in [1.165, 1.54) is 44.9 Å². The van der Waals surface area contributed by atoms with E-state index in [0.29, 0.717) is 0 Å². The Morgan fingerprint density at radius 3 is 1.76 bits per heavy atom. The summed E-state index contributed by atoms with van der Waals surface area (Å²) in [5.41, 5.74) is 0. The molecule has 0 unspecified atom stereocenters. The van der Waals surface area contributed by atoms with E-state index in [-0.39, 0.29) is 0 Å². The highest BCUT2D eigenvalue weighted by molar-refractivity contribution is 5.48. The first-order valence-electron chi connectivity index (χ1n) is 7.15. The van der Waals surface area contributed by atoms with Gasteiger partial charge in [-0.25, -0.2) is 0 Å². The molecule has 0 aromatic rings. The molecule has 0 fully saturated rings. The van der Waals surface area contributed by atoms with Crippen LogP contribution in [0.2, 0.25) is 0 Å². The molecule has 0 aromatic carbocycles. The van der Waals surface area contributed by atoms with E-state index in [2.05, 4.69) is 31.2 Å². The van der Waals surface area contributed by atoms with Crippen molar-refractivity contribution in [3.8, 4) is 0 Å². The van der Waals surface area contributed by atoms with E-state index in [4.69, 9.17) is 0 Å². The first-order chi connectivity index (χ1) is 8.41. The summed E-state index contributed by atoms with van der Waals surface area (Å²) in [6.45, 7) is 2.23. The summed E-state index contributed by atoms with van der Waals surface area (Å²) in [6.07, 6.45) is 21.7. The molecule has 0 atom stereocenters. The third-order valence-corrected chi connectivity index (χ3v) is 2.75. The van der Waals surface area contributed by atoms with E-state index < -0.39 is 0 Å². The van der Waals surface area contributed by atoms with Crippen LogP contribution in [0.15, 0.2) is 24.3 Å². The van der Waals surface area contributed by atoms with Gasteiger partial charge >= 0.3 is 0 Å². The highest BCUT2D eigenvalue weighted by Crippen LogP contribution is 2.04. The largest absolute Gasteiger partial charge is 0.303 e. The number of hydrogen-bond acceptors (Lipinski definition) is 1. The summed E-state index contributed by atoms with van der Waals surface area (Å²) in [5.74, 6) is 0. The molecule has 1 heteroatoms. The summed E-state index contributed by atoms with van der Waals surface area (Å²) in [5, 5.41) is 0. The Balaban J connectivity index is 3.14. The van der Waals surface area contributed by atoms with Gasteiger partial charge in [0.25, 0.3) is 0 Å². The van der Waals surface area contributed by atoms with Gasteiger partial charge in [0.05, 0.1) is 0 Å². The monoisotopic (exact) mass is 236 g/mol. The van der Waals surface area contributed by atoms with Crippen molar-refractivity contribution in [2.45, 2.75) is 71.1 Å². The zero-order chi connectivity index (χ0) is 12.6. The van der Waals surface area contributed by atoms with Gasteiger partial charge in [-0.2, -0.15) is 0 Å². The maximum absolute atomic E-state index is 10.1. The molecule has 0 saturated carbocycles. The lowest BCUT2D eigenvalue weighted by atomic mass is 10.1. The van der Waals surface area contributed by atoms with Gasteiger partial charge in [0.2, 0.25) is 0 Å². The van der Waals surface area contributed by atoms with Crippen molar-refractivity contribution in [3.63, 3.8) is 0 Å². The average Bonchev–Trinajstić information content (AvgIpc) is 2.35. The lowest BCUT2D eigenvalue weighted by molar-refractivity contribution is -0.107. The fourth-order valence-electron chi connectivity index (χ4n) is 1.65. The van der Waals surface area contributed by atoms with Crippen molar-refractivity contribution in [1.82, 2.24) is 0 Å². The molecule has 0 spiro atoms. The first kappa shape index (κ1) is 16.1. The van der Waals surface area contributed by atoms with Crippen molar-refractivity contribution in [3.05, 3.63) is 24.3 Å². The molecule has 0 N–H and O–H groups in total. The van der Waals surface area contributed by atoms with Crippen LogP contribution in [0, 0.1) is 0 Å². The van der Waals surface area contributed by atoms with Crippen LogP contribution in [0.3, 0.4) is 0 Å². The van der Waals surface area contributed by atoms with E-state index in [1.54, 1.807) is 0 Å². The Morgan fingerprint density at radius 1 is 0.647 bits per heavy atom. The summed E-state index contributed by atoms with van der Waals surface area (Å²) in [4.78, 5) is 10.1. The Morgan fingerprint density at radius 2 is 1.18 bits per heavy atom. The minimum Gasteiger partial charge on any atom is -0.303 e. The topological polar surface area (TPSA) is 17.1 Å². The Labute approximate surface area is 107 Å². The van der Waals surface area contributed by atoms with Gasteiger partial charge in [-0.05, 0) is 38.5 Å². The van der Waals surface area contributed by atoms with Crippen molar-refractivity contribution in [2.75, 3.05) is 0 Å². The van der Waals surface area contributed by atoms with Crippen molar-refractivity contribution < 1.29 is 4.79 Å². The molecule has 0 saturated heterocycles. The molecule has 0 bridgehead atoms. The van der Waals surface area contributed by atoms with Crippen LogP contribution in [0.4, 0.5) is 0 Å². The highest BCUT2D eigenvalue weighted by atomic mass is 16.1. The van der Waals surface area contributed by atoms with Crippen LogP contribution in [0.1, 0.15) is 71.1 Å². The predicted molar refractivity (Wildman–Crippen MR) is 76.2 cm³/mol. The Kier molecular flexibility index (Phi) is 14.4.